The molecule has 96 valence electrons. The summed E-state index contributed by atoms with van der Waals surface area (Å²) >= 11 is 1.66. The molecule has 0 aliphatic heterocycles. The van der Waals surface area contributed by atoms with E-state index >= 15 is 0 Å². The molecule has 0 fully saturated rings. The fourth-order valence-electron chi connectivity index (χ4n) is 1.74. The molecule has 0 saturated carbocycles. The quantitative estimate of drug-likeness (QED) is 0.891. The van der Waals surface area contributed by atoms with Crippen molar-refractivity contribution in [3.05, 3.63) is 34.2 Å². The fourth-order valence-corrected chi connectivity index (χ4v) is 2.56. The van der Waals surface area contributed by atoms with Crippen molar-refractivity contribution in [3.63, 3.8) is 0 Å². The summed E-state index contributed by atoms with van der Waals surface area (Å²) in [5.41, 5.74) is 1.87. The number of hydrogen-bond acceptors (Lipinski definition) is 6. The molecule has 0 aliphatic carbocycles. The minimum atomic E-state index is 0.0548. The lowest BCUT2D eigenvalue weighted by molar-refractivity contribution is 0.379. The van der Waals surface area contributed by atoms with Crippen molar-refractivity contribution in [2.24, 2.45) is 0 Å². The minimum Gasteiger partial charge on any atom is -0.480 e. The number of rotatable bonds is 5. The topological polar surface area (TPSA) is 59.9 Å². The van der Waals surface area contributed by atoms with Crippen LogP contribution in [0.4, 0.5) is 0 Å². The Balaban J connectivity index is 2.22. The molecule has 1 atom stereocenters. The van der Waals surface area contributed by atoms with Crippen LogP contribution < -0.4 is 10.1 Å². The lowest BCUT2D eigenvalue weighted by atomic mass is 10.1. The van der Waals surface area contributed by atoms with Crippen molar-refractivity contribution in [1.82, 2.24) is 20.3 Å². The Morgan fingerprint density at radius 3 is 2.78 bits per heavy atom. The molecule has 0 aliphatic rings. The van der Waals surface area contributed by atoms with Gasteiger partial charge in [-0.3, -0.25) is 4.98 Å². The second-order valence-corrected chi connectivity index (χ2v) is 4.82. The first kappa shape index (κ1) is 12.9. The van der Waals surface area contributed by atoms with Crippen molar-refractivity contribution >= 4 is 11.3 Å². The summed E-state index contributed by atoms with van der Waals surface area (Å²) in [5, 5.41) is 6.37. The van der Waals surface area contributed by atoms with Crippen LogP contribution in [0.5, 0.6) is 5.88 Å². The maximum Gasteiger partial charge on any atom is 0.237 e. The highest BCUT2D eigenvalue weighted by molar-refractivity contribution is 7.09. The highest BCUT2D eigenvalue weighted by atomic mass is 32.1. The Morgan fingerprint density at radius 1 is 1.39 bits per heavy atom. The van der Waals surface area contributed by atoms with Crippen LogP contribution >= 0.6 is 11.3 Å². The zero-order valence-corrected chi connectivity index (χ0v) is 11.5. The summed E-state index contributed by atoms with van der Waals surface area (Å²) in [6.07, 6.45) is 4.09. The largest absolute Gasteiger partial charge is 0.480 e. The average molecular weight is 264 g/mol. The van der Waals surface area contributed by atoms with Gasteiger partial charge in [0.1, 0.15) is 5.69 Å². The van der Waals surface area contributed by atoms with Gasteiger partial charge < -0.3 is 10.1 Å². The molecule has 0 radical (unpaired) electrons. The Kier molecular flexibility index (Phi) is 4.22. The van der Waals surface area contributed by atoms with Gasteiger partial charge in [-0.05, 0) is 14.0 Å². The van der Waals surface area contributed by atoms with E-state index in [0.717, 1.165) is 22.8 Å². The van der Waals surface area contributed by atoms with Gasteiger partial charge in [0.25, 0.3) is 0 Å². The Bertz CT molecular complexity index is 514. The van der Waals surface area contributed by atoms with Crippen molar-refractivity contribution in [3.8, 4) is 5.88 Å². The third-order valence-corrected chi connectivity index (χ3v) is 3.60. The third kappa shape index (κ3) is 2.83. The van der Waals surface area contributed by atoms with E-state index in [1.807, 2.05) is 14.0 Å². The number of aromatic nitrogens is 3. The van der Waals surface area contributed by atoms with Crippen LogP contribution in [-0.4, -0.2) is 29.1 Å². The van der Waals surface area contributed by atoms with Gasteiger partial charge in [-0.25, -0.2) is 9.97 Å². The summed E-state index contributed by atoms with van der Waals surface area (Å²) in [6, 6.07) is 0.0548. The number of likely N-dealkylation sites (N-methyl/N-ethyl adjacent to an activating group) is 1. The summed E-state index contributed by atoms with van der Waals surface area (Å²) in [4.78, 5) is 13.0. The molecule has 6 heteroatoms. The van der Waals surface area contributed by atoms with E-state index in [-0.39, 0.29) is 6.04 Å². The van der Waals surface area contributed by atoms with Gasteiger partial charge in [-0.15, -0.1) is 11.3 Å². The van der Waals surface area contributed by atoms with Gasteiger partial charge in [0.15, 0.2) is 0 Å². The standard InChI is InChI=1S/C12H16N4OS/c1-8-7-18-10(16-8)6-9(13-2)11-12(17-3)15-5-4-14-11/h4-5,7,9,13H,6H2,1-3H3. The van der Waals surface area contributed by atoms with Crippen LogP contribution in [-0.2, 0) is 6.42 Å². The van der Waals surface area contributed by atoms with Crippen LogP contribution in [0.25, 0.3) is 0 Å². The Morgan fingerprint density at radius 2 is 2.17 bits per heavy atom. The number of ether oxygens (including phenoxy) is 1. The molecular weight excluding hydrogens is 248 g/mol. The maximum absolute atomic E-state index is 5.24. The van der Waals surface area contributed by atoms with E-state index in [2.05, 4.69) is 25.6 Å². The highest BCUT2D eigenvalue weighted by Gasteiger charge is 2.18. The van der Waals surface area contributed by atoms with Gasteiger partial charge in [0, 0.05) is 29.9 Å². The number of nitrogens with zero attached hydrogens (tertiary/aromatic N) is 3. The van der Waals surface area contributed by atoms with Crippen molar-refractivity contribution < 1.29 is 4.74 Å². The lowest BCUT2D eigenvalue weighted by Crippen LogP contribution is -2.21. The first-order chi connectivity index (χ1) is 8.74. The number of thiazole rings is 1. The molecule has 0 aromatic carbocycles. The van der Waals surface area contributed by atoms with E-state index in [4.69, 9.17) is 4.74 Å². The molecule has 1 unspecified atom stereocenters. The maximum atomic E-state index is 5.24. The van der Waals surface area contributed by atoms with Crippen LogP contribution in [0.3, 0.4) is 0 Å². The lowest BCUT2D eigenvalue weighted by Gasteiger charge is -2.15. The summed E-state index contributed by atoms with van der Waals surface area (Å²) in [7, 11) is 3.51. The molecular formula is C12H16N4OS. The zero-order chi connectivity index (χ0) is 13.0. The molecule has 0 bridgehead atoms. The SMILES string of the molecule is CNC(Cc1nc(C)cs1)c1nccnc1OC. The van der Waals surface area contributed by atoms with Gasteiger partial charge in [-0.2, -0.15) is 0 Å². The number of hydrogen-bond donors (Lipinski definition) is 1. The molecule has 2 aromatic rings. The van der Waals surface area contributed by atoms with E-state index in [9.17, 15) is 0 Å². The molecule has 2 heterocycles. The van der Waals surface area contributed by atoms with E-state index in [0.29, 0.717) is 5.88 Å². The van der Waals surface area contributed by atoms with Gasteiger partial charge in [-0.1, -0.05) is 0 Å². The Labute approximate surface area is 110 Å². The monoisotopic (exact) mass is 264 g/mol. The molecule has 2 rings (SSSR count). The molecule has 1 N–H and O–H groups in total. The van der Waals surface area contributed by atoms with Crippen molar-refractivity contribution in [2.75, 3.05) is 14.2 Å². The van der Waals surface area contributed by atoms with Gasteiger partial charge in [0.05, 0.1) is 18.2 Å². The minimum absolute atomic E-state index is 0.0548. The Hall–Kier alpha value is -1.53. The first-order valence-electron chi connectivity index (χ1n) is 5.67. The van der Waals surface area contributed by atoms with E-state index in [1.165, 1.54) is 0 Å². The number of aryl methyl sites for hydroxylation is 1. The fraction of sp³-hybridized carbons (Fsp3) is 0.417. The summed E-state index contributed by atoms with van der Waals surface area (Å²) in [5.74, 6) is 0.560. The van der Waals surface area contributed by atoms with Gasteiger partial charge in [0.2, 0.25) is 5.88 Å². The highest BCUT2D eigenvalue weighted by Crippen LogP contribution is 2.24. The second kappa shape index (κ2) is 5.88. The van der Waals surface area contributed by atoms with Crippen molar-refractivity contribution in [1.29, 1.82) is 0 Å². The molecule has 18 heavy (non-hydrogen) atoms. The molecule has 5 nitrogen and oxygen atoms in total. The molecule has 2 aromatic heterocycles. The predicted molar refractivity (Wildman–Crippen MR) is 70.9 cm³/mol. The number of nitrogens with one attached hydrogen (secondary N) is 1. The van der Waals surface area contributed by atoms with E-state index < -0.39 is 0 Å². The summed E-state index contributed by atoms with van der Waals surface area (Å²) < 4.78 is 5.24. The van der Waals surface area contributed by atoms with Crippen LogP contribution in [0.2, 0.25) is 0 Å². The van der Waals surface area contributed by atoms with Gasteiger partial charge >= 0.3 is 0 Å². The number of methoxy groups -OCH3 is 1. The summed E-state index contributed by atoms with van der Waals surface area (Å²) in [6.45, 7) is 2.00. The van der Waals surface area contributed by atoms with Crippen LogP contribution in [0.15, 0.2) is 17.8 Å². The van der Waals surface area contributed by atoms with Crippen molar-refractivity contribution in [2.45, 2.75) is 19.4 Å². The normalized spacial score (nSPS) is 12.4. The smallest absolute Gasteiger partial charge is 0.237 e. The van der Waals surface area contributed by atoms with Crippen LogP contribution in [0.1, 0.15) is 22.4 Å². The molecule has 0 spiro atoms. The zero-order valence-electron chi connectivity index (χ0n) is 10.7. The first-order valence-corrected chi connectivity index (χ1v) is 6.55. The average Bonchev–Trinajstić information content (AvgIpc) is 2.81. The molecule has 0 amide bonds. The third-order valence-electron chi connectivity index (χ3n) is 2.61. The second-order valence-electron chi connectivity index (χ2n) is 3.88. The molecule has 0 saturated heterocycles. The van der Waals surface area contributed by atoms with E-state index in [1.54, 1.807) is 30.8 Å². The van der Waals surface area contributed by atoms with Crippen LogP contribution in [0, 0.1) is 6.92 Å². The predicted octanol–water partition coefficient (Wildman–Crippen LogP) is 1.75.